The molecule has 0 heterocycles. The van der Waals surface area contributed by atoms with E-state index in [4.69, 9.17) is 9.47 Å². The molecule has 0 fully saturated rings. The van der Waals surface area contributed by atoms with Gasteiger partial charge in [-0.1, -0.05) is 19.9 Å². The van der Waals surface area contributed by atoms with Gasteiger partial charge in [-0.05, 0) is 19.8 Å². The van der Waals surface area contributed by atoms with E-state index in [1.54, 1.807) is 7.11 Å². The summed E-state index contributed by atoms with van der Waals surface area (Å²) >= 11 is 0. The van der Waals surface area contributed by atoms with E-state index in [1.807, 2.05) is 6.92 Å². The number of ether oxygens (including phenoxy) is 2. The first-order chi connectivity index (χ1) is 6.22. The normalized spacial score (nSPS) is 12.5. The Bertz CT molecular complexity index is 132. The van der Waals surface area contributed by atoms with Crippen LogP contribution in [0.25, 0.3) is 0 Å². The van der Waals surface area contributed by atoms with Gasteiger partial charge in [-0.2, -0.15) is 0 Å². The number of methoxy groups -OCH3 is 1. The molecule has 0 aliphatic carbocycles. The van der Waals surface area contributed by atoms with Gasteiger partial charge in [0.15, 0.2) is 0 Å². The average Bonchev–Trinajstić information content (AvgIpc) is 2.16. The Balaban J connectivity index is 3.26. The van der Waals surface area contributed by atoms with Crippen molar-refractivity contribution in [1.29, 1.82) is 0 Å². The van der Waals surface area contributed by atoms with Crippen LogP contribution in [0.15, 0.2) is 12.3 Å². The summed E-state index contributed by atoms with van der Waals surface area (Å²) in [6.07, 6.45) is 3.46. The lowest BCUT2D eigenvalue weighted by Crippen LogP contribution is -2.01. The molecule has 13 heavy (non-hydrogen) atoms. The zero-order valence-corrected chi connectivity index (χ0v) is 9.14. The van der Waals surface area contributed by atoms with E-state index < -0.39 is 0 Å². The monoisotopic (exact) mass is 186 g/mol. The van der Waals surface area contributed by atoms with Crippen LogP contribution >= 0.6 is 0 Å². The average molecular weight is 186 g/mol. The summed E-state index contributed by atoms with van der Waals surface area (Å²) in [5.41, 5.74) is 0. The van der Waals surface area contributed by atoms with Crippen molar-refractivity contribution in [2.45, 2.75) is 33.1 Å². The Morgan fingerprint density at radius 1 is 1.38 bits per heavy atom. The molecule has 2 nitrogen and oxygen atoms in total. The number of rotatable bonds is 8. The van der Waals surface area contributed by atoms with Crippen LogP contribution in [0.2, 0.25) is 0 Å². The van der Waals surface area contributed by atoms with E-state index in [0.717, 1.165) is 31.8 Å². The Kier molecular flexibility index (Phi) is 7.80. The van der Waals surface area contributed by atoms with Crippen LogP contribution in [-0.2, 0) is 9.47 Å². The molecule has 0 saturated carbocycles. The molecule has 78 valence electrons. The standard InChI is InChI=1S/C11H22O2/c1-5-13-9-7-6-8-10(2)11(3)12-4/h10H,3,5-9H2,1-2,4H3. The molecule has 0 amide bonds. The summed E-state index contributed by atoms with van der Waals surface area (Å²) in [6, 6.07) is 0. The largest absolute Gasteiger partial charge is 0.501 e. The molecule has 0 aliphatic rings. The van der Waals surface area contributed by atoms with Crippen LogP contribution in [0.3, 0.4) is 0 Å². The first kappa shape index (κ1) is 12.5. The summed E-state index contributed by atoms with van der Waals surface area (Å²) in [7, 11) is 1.68. The van der Waals surface area contributed by atoms with Crippen molar-refractivity contribution in [3.05, 3.63) is 12.3 Å². The maximum atomic E-state index is 5.25. The maximum absolute atomic E-state index is 5.25. The van der Waals surface area contributed by atoms with E-state index in [-0.39, 0.29) is 0 Å². The molecule has 0 aromatic heterocycles. The molecule has 0 aromatic rings. The van der Waals surface area contributed by atoms with Gasteiger partial charge >= 0.3 is 0 Å². The number of unbranched alkanes of at least 4 members (excludes halogenated alkanes) is 1. The van der Waals surface area contributed by atoms with Gasteiger partial charge < -0.3 is 9.47 Å². The van der Waals surface area contributed by atoms with Crippen LogP contribution < -0.4 is 0 Å². The number of hydrogen-bond acceptors (Lipinski definition) is 2. The molecular weight excluding hydrogens is 164 g/mol. The van der Waals surface area contributed by atoms with Gasteiger partial charge in [-0.25, -0.2) is 0 Å². The topological polar surface area (TPSA) is 18.5 Å². The minimum absolute atomic E-state index is 0.464. The first-order valence-electron chi connectivity index (χ1n) is 5.02. The zero-order chi connectivity index (χ0) is 10.1. The number of hydrogen-bond donors (Lipinski definition) is 0. The van der Waals surface area contributed by atoms with Gasteiger partial charge in [0.05, 0.1) is 12.9 Å². The fraction of sp³-hybridized carbons (Fsp3) is 0.818. The van der Waals surface area contributed by atoms with Crippen LogP contribution in [0.4, 0.5) is 0 Å². The van der Waals surface area contributed by atoms with Gasteiger partial charge in [0.2, 0.25) is 0 Å². The molecule has 0 bridgehead atoms. The second kappa shape index (κ2) is 8.11. The minimum atomic E-state index is 0.464. The lowest BCUT2D eigenvalue weighted by Gasteiger charge is -2.12. The van der Waals surface area contributed by atoms with Crippen molar-refractivity contribution in [2.75, 3.05) is 20.3 Å². The molecule has 1 unspecified atom stereocenters. The second-order valence-corrected chi connectivity index (χ2v) is 3.26. The maximum Gasteiger partial charge on any atom is 0.0911 e. The van der Waals surface area contributed by atoms with E-state index in [2.05, 4.69) is 13.5 Å². The third kappa shape index (κ3) is 6.64. The molecule has 0 aliphatic heterocycles. The summed E-state index contributed by atoms with van der Waals surface area (Å²) in [5, 5.41) is 0. The lowest BCUT2D eigenvalue weighted by atomic mass is 10.0. The van der Waals surface area contributed by atoms with Crippen molar-refractivity contribution < 1.29 is 9.47 Å². The fourth-order valence-electron chi connectivity index (χ4n) is 1.16. The van der Waals surface area contributed by atoms with E-state index in [1.165, 1.54) is 6.42 Å². The van der Waals surface area contributed by atoms with Gasteiger partial charge in [-0.3, -0.25) is 0 Å². The van der Waals surface area contributed by atoms with Crippen molar-refractivity contribution in [1.82, 2.24) is 0 Å². The van der Waals surface area contributed by atoms with Crippen molar-refractivity contribution in [3.63, 3.8) is 0 Å². The molecule has 0 saturated heterocycles. The van der Waals surface area contributed by atoms with Crippen molar-refractivity contribution in [2.24, 2.45) is 5.92 Å². The third-order valence-corrected chi connectivity index (χ3v) is 2.19. The lowest BCUT2D eigenvalue weighted by molar-refractivity contribution is 0.141. The van der Waals surface area contributed by atoms with E-state index >= 15 is 0 Å². The number of allylic oxidation sites excluding steroid dienone is 1. The highest BCUT2D eigenvalue weighted by molar-refractivity contribution is 4.87. The SMILES string of the molecule is C=C(OC)C(C)CCCCOCC. The molecule has 0 spiro atoms. The molecule has 2 heteroatoms. The predicted molar refractivity (Wildman–Crippen MR) is 55.7 cm³/mol. The van der Waals surface area contributed by atoms with Crippen LogP contribution in [-0.4, -0.2) is 20.3 Å². The summed E-state index contributed by atoms with van der Waals surface area (Å²) in [4.78, 5) is 0. The van der Waals surface area contributed by atoms with Crippen LogP contribution in [0.5, 0.6) is 0 Å². The van der Waals surface area contributed by atoms with E-state index in [9.17, 15) is 0 Å². The van der Waals surface area contributed by atoms with Gasteiger partial charge in [0.25, 0.3) is 0 Å². The smallest absolute Gasteiger partial charge is 0.0911 e. The summed E-state index contributed by atoms with van der Waals surface area (Å²) in [6.45, 7) is 9.70. The van der Waals surface area contributed by atoms with Gasteiger partial charge in [0, 0.05) is 19.1 Å². The molecule has 0 radical (unpaired) electrons. The first-order valence-corrected chi connectivity index (χ1v) is 5.02. The highest BCUT2D eigenvalue weighted by Gasteiger charge is 2.05. The van der Waals surface area contributed by atoms with Crippen molar-refractivity contribution in [3.8, 4) is 0 Å². The van der Waals surface area contributed by atoms with Crippen LogP contribution in [0.1, 0.15) is 33.1 Å². The summed E-state index contributed by atoms with van der Waals surface area (Å²) < 4.78 is 10.3. The second-order valence-electron chi connectivity index (χ2n) is 3.26. The summed E-state index contributed by atoms with van der Waals surface area (Å²) in [5.74, 6) is 1.35. The van der Waals surface area contributed by atoms with Gasteiger partial charge in [0.1, 0.15) is 0 Å². The Hall–Kier alpha value is -0.500. The predicted octanol–water partition coefficient (Wildman–Crippen LogP) is 2.99. The fourth-order valence-corrected chi connectivity index (χ4v) is 1.16. The zero-order valence-electron chi connectivity index (χ0n) is 9.14. The highest BCUT2D eigenvalue weighted by Crippen LogP contribution is 2.15. The van der Waals surface area contributed by atoms with Gasteiger partial charge in [-0.15, -0.1) is 0 Å². The quantitative estimate of drug-likeness (QED) is 0.428. The molecule has 0 aromatic carbocycles. The Morgan fingerprint density at radius 3 is 2.62 bits per heavy atom. The molecule has 1 atom stereocenters. The Labute approximate surface area is 81.9 Å². The molecule has 0 N–H and O–H groups in total. The van der Waals surface area contributed by atoms with E-state index in [0.29, 0.717) is 5.92 Å². The third-order valence-electron chi connectivity index (χ3n) is 2.19. The van der Waals surface area contributed by atoms with Crippen LogP contribution in [0, 0.1) is 5.92 Å². The highest BCUT2D eigenvalue weighted by atomic mass is 16.5. The molecule has 0 rings (SSSR count). The van der Waals surface area contributed by atoms with Crippen molar-refractivity contribution >= 4 is 0 Å². The Morgan fingerprint density at radius 2 is 2.08 bits per heavy atom. The minimum Gasteiger partial charge on any atom is -0.501 e. The molecular formula is C11H22O2.